The molecule has 0 bridgehead atoms. The highest BCUT2D eigenvalue weighted by atomic mass is 31.3. The highest BCUT2D eigenvalue weighted by Gasteiger charge is 2.46. The number of allylic oxidation sites excluding steroid dienone is 14. The number of hydrogen-bond donors (Lipinski definition) is 6. The van der Waals surface area contributed by atoms with Gasteiger partial charge in [-0.3, -0.25) is 23.2 Å². The predicted molar refractivity (Wildman–Crippen MR) is 281 cm³/mol. The average molecular weight is 1070 g/mol. The summed E-state index contributed by atoms with van der Waals surface area (Å²) in [7, 11) is -10.9. The monoisotopic (exact) mass is 1070 g/mol. The Morgan fingerprint density at radius 3 is 1.78 bits per heavy atom. The Kier molecular flexibility index (Phi) is 35.0. The summed E-state index contributed by atoms with van der Waals surface area (Å²) >= 11 is 0. The van der Waals surface area contributed by atoms with E-state index in [4.69, 9.17) is 29.0 Å². The van der Waals surface area contributed by atoms with Gasteiger partial charge in [0.1, 0.15) is 30.7 Å². The van der Waals surface area contributed by atoms with E-state index in [-0.39, 0.29) is 24.8 Å². The molecule has 1 aliphatic heterocycles. The van der Waals surface area contributed by atoms with Crippen molar-refractivity contribution >= 4 is 33.4 Å². The van der Waals surface area contributed by atoms with Crippen molar-refractivity contribution in [3.05, 3.63) is 108 Å². The molecule has 1 aromatic heterocycles. The highest BCUT2D eigenvalue weighted by molar-refractivity contribution is 7.61. The Bertz CT molecular complexity index is 2070. The second-order valence-corrected chi connectivity index (χ2v) is 20.6. The fourth-order valence-corrected chi connectivity index (χ4v) is 9.09. The first-order valence-electron chi connectivity index (χ1n) is 25.6. The first-order valence-corrected chi connectivity index (χ1v) is 28.6. The van der Waals surface area contributed by atoms with Crippen LogP contribution in [0, 0.1) is 0 Å². The van der Waals surface area contributed by atoms with Crippen LogP contribution in [-0.2, 0) is 46.3 Å². The van der Waals surface area contributed by atoms with E-state index in [0.29, 0.717) is 25.7 Å². The molecule has 21 heteroatoms. The van der Waals surface area contributed by atoms with Crippen LogP contribution in [0.5, 0.6) is 0 Å². The molecule has 1 saturated heterocycles. The van der Waals surface area contributed by atoms with Crippen LogP contribution >= 0.6 is 15.6 Å². The van der Waals surface area contributed by atoms with Crippen molar-refractivity contribution in [2.75, 3.05) is 25.6 Å². The molecule has 8 atom stereocenters. The lowest BCUT2D eigenvalue weighted by Gasteiger charge is -2.21. The normalized spacial score (nSPS) is 20.1. The van der Waals surface area contributed by atoms with Crippen molar-refractivity contribution in [3.63, 3.8) is 0 Å². The molecule has 7 N–H and O–H groups in total. The van der Waals surface area contributed by atoms with E-state index in [1.54, 1.807) is 6.92 Å². The molecular formula is C52H83N3O16P2. The molecule has 0 saturated carbocycles. The number of aliphatic hydroxyl groups excluding tert-OH is 3. The number of phosphoric ester groups is 2. The lowest BCUT2D eigenvalue weighted by molar-refractivity contribution is -0.161. The molecule has 0 aromatic carbocycles. The Morgan fingerprint density at radius 2 is 1.22 bits per heavy atom. The van der Waals surface area contributed by atoms with Crippen molar-refractivity contribution in [1.82, 2.24) is 9.55 Å². The molecule has 73 heavy (non-hydrogen) atoms. The Labute approximate surface area is 431 Å². The fraction of sp³-hybridized carbons (Fsp3) is 0.615. The molecule has 0 amide bonds. The summed E-state index contributed by atoms with van der Waals surface area (Å²) < 4.78 is 56.7. The standard InChI is InChI=1S/C52H83N3O16P2/c1-3-4-5-6-7-8-9-10-11-12-15-18-21-24-27-30-33-36-47(57)66-40-44(69-48(58)37-34-31-28-25-22-19-16-13-14-17-20-23-26-29-32-35-43(2)56)41-67-72(62,63)71-73(64,65)68-42-45-49(59)50(60)51(70-45)55-39-38-46(53)54-52(55)61/h7-8,10-11,14-19,23,25-26,28,38-39,43-45,49-51,56,59-60H,3-6,9,12-13,20-22,24,27,29-37,40-42H2,1-2H3,(H,62,63)(H,64,65)(H2,53,54,61)/b8-7-,11-10-,17-14-,18-15-,19-16-,26-23-,28-25-/t43-,44+,45+,49+,50+,51+/m0/s1. The van der Waals surface area contributed by atoms with Crippen molar-refractivity contribution in [2.45, 2.75) is 185 Å². The number of carbonyl (C=O) groups is 2. The van der Waals surface area contributed by atoms with Gasteiger partial charge in [0.15, 0.2) is 12.3 Å². The summed E-state index contributed by atoms with van der Waals surface area (Å²) in [6.07, 6.45) is 39.4. The average Bonchev–Trinajstić information content (AvgIpc) is 3.62. The van der Waals surface area contributed by atoms with E-state index >= 15 is 0 Å². The van der Waals surface area contributed by atoms with Crippen LogP contribution in [0.25, 0.3) is 0 Å². The molecule has 1 aromatic rings. The maximum absolute atomic E-state index is 12.9. The molecule has 0 spiro atoms. The van der Waals surface area contributed by atoms with Crippen LogP contribution in [0.4, 0.5) is 5.82 Å². The Morgan fingerprint density at radius 1 is 0.712 bits per heavy atom. The highest BCUT2D eigenvalue weighted by Crippen LogP contribution is 2.60. The molecule has 0 aliphatic carbocycles. The minimum Gasteiger partial charge on any atom is -0.462 e. The van der Waals surface area contributed by atoms with Crippen LogP contribution in [-0.4, -0.2) is 96.9 Å². The number of unbranched alkanes of at least 4 members (excludes halogenated alkanes) is 9. The smallest absolute Gasteiger partial charge is 0.462 e. The number of nitrogens with two attached hydrogens (primary N) is 1. The lowest BCUT2D eigenvalue weighted by atomic mass is 10.1. The van der Waals surface area contributed by atoms with Crippen molar-refractivity contribution < 1.29 is 71.4 Å². The molecule has 19 nitrogen and oxygen atoms in total. The maximum Gasteiger partial charge on any atom is 0.481 e. The van der Waals surface area contributed by atoms with E-state index in [0.717, 1.165) is 87.8 Å². The van der Waals surface area contributed by atoms with Gasteiger partial charge in [-0.05, 0) is 109 Å². The zero-order chi connectivity index (χ0) is 53.6. The Balaban J connectivity index is 1.84. The van der Waals surface area contributed by atoms with Gasteiger partial charge < -0.3 is 45.1 Å². The number of nitrogens with zero attached hydrogens (tertiary/aromatic N) is 2. The molecule has 2 rings (SSSR count). The number of nitrogen functional groups attached to an aromatic ring is 1. The van der Waals surface area contributed by atoms with Crippen LogP contribution in [0.1, 0.15) is 155 Å². The Hall–Kier alpha value is -4.10. The minimum absolute atomic E-state index is 0.0474. The van der Waals surface area contributed by atoms with Crippen molar-refractivity contribution in [3.8, 4) is 0 Å². The predicted octanol–water partition coefficient (Wildman–Crippen LogP) is 9.64. The number of rotatable bonds is 41. The topological polar surface area (TPSA) is 286 Å². The van der Waals surface area contributed by atoms with Gasteiger partial charge in [-0.2, -0.15) is 9.29 Å². The second-order valence-electron chi connectivity index (χ2n) is 17.6. The summed E-state index contributed by atoms with van der Waals surface area (Å²) in [6, 6.07) is 1.24. The third kappa shape index (κ3) is 32.7. The number of esters is 2. The molecule has 2 unspecified atom stereocenters. The van der Waals surface area contributed by atoms with E-state index in [1.165, 1.54) is 25.3 Å². The maximum atomic E-state index is 12.9. The third-order valence-electron chi connectivity index (χ3n) is 11.0. The zero-order valence-corrected chi connectivity index (χ0v) is 44.6. The number of ether oxygens (including phenoxy) is 3. The molecule has 1 aliphatic rings. The zero-order valence-electron chi connectivity index (χ0n) is 42.8. The van der Waals surface area contributed by atoms with Crippen molar-refractivity contribution in [2.24, 2.45) is 0 Å². The van der Waals surface area contributed by atoms with Gasteiger partial charge >= 0.3 is 33.3 Å². The van der Waals surface area contributed by atoms with Crippen LogP contribution in [0.2, 0.25) is 0 Å². The van der Waals surface area contributed by atoms with Crippen molar-refractivity contribution in [1.29, 1.82) is 0 Å². The van der Waals surface area contributed by atoms with Gasteiger partial charge in [-0.1, -0.05) is 118 Å². The van der Waals surface area contributed by atoms with Gasteiger partial charge in [0, 0.05) is 19.0 Å². The molecule has 1 fully saturated rings. The van der Waals surface area contributed by atoms with Gasteiger partial charge in [0.25, 0.3) is 0 Å². The first kappa shape index (κ1) is 65.0. The van der Waals surface area contributed by atoms with E-state index in [9.17, 15) is 48.6 Å². The van der Waals surface area contributed by atoms with Gasteiger partial charge in [0.05, 0.1) is 19.3 Å². The van der Waals surface area contributed by atoms with Gasteiger partial charge in [-0.15, -0.1) is 0 Å². The summed E-state index contributed by atoms with van der Waals surface area (Å²) in [6.45, 7) is 1.59. The van der Waals surface area contributed by atoms with E-state index in [1.807, 2.05) is 18.2 Å². The molecular weight excluding hydrogens is 985 g/mol. The second kappa shape index (κ2) is 39.3. The summed E-state index contributed by atoms with van der Waals surface area (Å²) in [5.74, 6) is -1.42. The number of anilines is 1. The molecule has 0 radical (unpaired) electrons. The lowest BCUT2D eigenvalue weighted by Crippen LogP contribution is -2.36. The fourth-order valence-electron chi connectivity index (χ4n) is 6.98. The number of aromatic nitrogens is 2. The summed E-state index contributed by atoms with van der Waals surface area (Å²) in [5.41, 5.74) is 4.58. The van der Waals surface area contributed by atoms with Crippen LogP contribution < -0.4 is 11.4 Å². The molecule has 2 heterocycles. The summed E-state index contributed by atoms with van der Waals surface area (Å²) in [4.78, 5) is 61.9. The SMILES string of the molecule is CCCCC/C=C\C/C=C\C/C=C\CCCCCCC(=O)OC[C@H](COP(=O)(O)OP(=O)(O)OC[C@H]1O[C@@H](n2ccc(N)nc2=O)[C@H](O)[C@@H]1O)OC(=O)CCC/C=C\C/C=C\C/C=C\C/C=C\CCC[C@H](C)O. The van der Waals surface area contributed by atoms with Gasteiger partial charge in [0.2, 0.25) is 0 Å². The van der Waals surface area contributed by atoms with Crippen LogP contribution in [0.3, 0.4) is 0 Å². The number of aliphatic hydroxyl groups is 3. The quantitative estimate of drug-likeness (QED) is 0.0154. The van der Waals surface area contributed by atoms with Gasteiger partial charge in [-0.25, -0.2) is 13.9 Å². The first-order chi connectivity index (χ1) is 35.0. The largest absolute Gasteiger partial charge is 0.481 e. The van der Waals surface area contributed by atoms with Crippen LogP contribution in [0.15, 0.2) is 102 Å². The van der Waals surface area contributed by atoms with E-state index in [2.05, 4.69) is 83.1 Å². The number of hydrogen-bond acceptors (Lipinski definition) is 16. The third-order valence-corrected chi connectivity index (χ3v) is 13.6. The van der Waals surface area contributed by atoms with E-state index < -0.39 is 83.7 Å². The molecule has 412 valence electrons. The number of carbonyl (C=O) groups excluding carboxylic acids is 2. The minimum atomic E-state index is -5.45. The number of phosphoric acid groups is 2. The summed E-state index contributed by atoms with van der Waals surface area (Å²) in [5, 5.41) is 30.2.